The molecule has 0 bridgehead atoms. The van der Waals surface area contributed by atoms with Crippen molar-refractivity contribution in [2.24, 2.45) is 11.3 Å². The Morgan fingerprint density at radius 3 is 2.06 bits per heavy atom. The molecule has 1 aliphatic heterocycles. The van der Waals surface area contributed by atoms with Crippen molar-refractivity contribution < 1.29 is 0 Å². The molecule has 102 valence electrons. The van der Waals surface area contributed by atoms with Gasteiger partial charge in [0, 0.05) is 12.1 Å². The summed E-state index contributed by atoms with van der Waals surface area (Å²) < 4.78 is 0. The first-order valence-electron chi connectivity index (χ1n) is 7.28. The number of nitrogens with one attached hydrogen (secondary N) is 1. The predicted molar refractivity (Wildman–Crippen MR) is 76.4 cm³/mol. The maximum absolute atomic E-state index is 3.76. The van der Waals surface area contributed by atoms with Crippen molar-refractivity contribution >= 4 is 0 Å². The minimum Gasteiger partial charge on any atom is -0.314 e. The van der Waals surface area contributed by atoms with E-state index in [1.807, 2.05) is 0 Å². The van der Waals surface area contributed by atoms with E-state index < -0.39 is 0 Å². The van der Waals surface area contributed by atoms with E-state index in [2.05, 4.69) is 51.8 Å². The van der Waals surface area contributed by atoms with E-state index >= 15 is 0 Å². The molecule has 0 amide bonds. The van der Waals surface area contributed by atoms with Crippen molar-refractivity contribution in [2.75, 3.05) is 19.6 Å². The van der Waals surface area contributed by atoms with Gasteiger partial charge in [0.2, 0.25) is 0 Å². The Morgan fingerprint density at radius 2 is 1.65 bits per heavy atom. The van der Waals surface area contributed by atoms with E-state index in [1.165, 1.54) is 25.9 Å². The number of likely N-dealkylation sites (tertiary alicyclic amines) is 1. The van der Waals surface area contributed by atoms with E-state index in [4.69, 9.17) is 0 Å². The number of rotatable bonds is 4. The zero-order valence-electron chi connectivity index (χ0n) is 12.7. The quantitative estimate of drug-likeness (QED) is 0.812. The molecule has 1 saturated heterocycles. The van der Waals surface area contributed by atoms with E-state index in [-0.39, 0.29) is 0 Å². The second kappa shape index (κ2) is 6.19. The summed E-state index contributed by atoms with van der Waals surface area (Å²) in [5.74, 6) is 0.741. The summed E-state index contributed by atoms with van der Waals surface area (Å²) in [4.78, 5) is 2.59. The van der Waals surface area contributed by atoms with Crippen LogP contribution in [0.15, 0.2) is 0 Å². The maximum Gasteiger partial charge on any atom is 0.00915 e. The zero-order chi connectivity index (χ0) is 13.1. The normalized spacial score (nSPS) is 22.1. The zero-order valence-corrected chi connectivity index (χ0v) is 12.7. The molecule has 1 heterocycles. The molecule has 17 heavy (non-hydrogen) atoms. The Kier molecular flexibility index (Phi) is 5.46. The third kappa shape index (κ3) is 4.97. The predicted octanol–water partition coefficient (Wildman–Crippen LogP) is 3.13. The van der Waals surface area contributed by atoms with Crippen LogP contribution in [0, 0.1) is 11.3 Å². The lowest BCUT2D eigenvalue weighted by Crippen LogP contribution is -2.46. The average Bonchev–Trinajstić information content (AvgIpc) is 2.25. The highest BCUT2D eigenvalue weighted by atomic mass is 15.2. The third-order valence-electron chi connectivity index (χ3n) is 4.45. The van der Waals surface area contributed by atoms with E-state index in [1.54, 1.807) is 0 Å². The minimum absolute atomic E-state index is 0.422. The van der Waals surface area contributed by atoms with Gasteiger partial charge < -0.3 is 10.2 Å². The molecule has 0 aromatic rings. The van der Waals surface area contributed by atoms with Crippen LogP contribution in [0.2, 0.25) is 0 Å². The lowest BCUT2D eigenvalue weighted by atomic mass is 9.82. The Bertz CT molecular complexity index is 209. The minimum atomic E-state index is 0.422. The molecule has 1 fully saturated rings. The highest BCUT2D eigenvalue weighted by molar-refractivity contribution is 4.81. The van der Waals surface area contributed by atoms with Gasteiger partial charge >= 0.3 is 0 Å². The Morgan fingerprint density at radius 1 is 1.12 bits per heavy atom. The van der Waals surface area contributed by atoms with E-state index in [9.17, 15) is 0 Å². The molecule has 0 aromatic carbocycles. The summed E-state index contributed by atoms with van der Waals surface area (Å²) in [5, 5.41) is 3.76. The van der Waals surface area contributed by atoms with E-state index in [0.29, 0.717) is 11.5 Å². The van der Waals surface area contributed by atoms with E-state index in [0.717, 1.165) is 18.5 Å². The second-order valence-corrected chi connectivity index (χ2v) is 7.08. The Hall–Kier alpha value is -0.0800. The SMILES string of the molecule is CC(C)N1CCC(NCC(C)C(C)(C)C)CC1. The standard InChI is InChI=1S/C15H32N2/c1-12(2)17-9-7-14(8-10-17)16-11-13(3)15(4,5)6/h12-14,16H,7-11H2,1-6H3. The first-order chi connectivity index (χ1) is 7.80. The van der Waals surface area contributed by atoms with Crippen LogP contribution in [0.5, 0.6) is 0 Å². The van der Waals surface area contributed by atoms with Gasteiger partial charge in [-0.05, 0) is 57.7 Å². The summed E-state index contributed by atoms with van der Waals surface area (Å²) >= 11 is 0. The smallest absolute Gasteiger partial charge is 0.00915 e. The summed E-state index contributed by atoms with van der Waals surface area (Å²) in [6.45, 7) is 17.7. The maximum atomic E-state index is 3.76. The highest BCUT2D eigenvalue weighted by Gasteiger charge is 2.23. The molecule has 1 atom stereocenters. The van der Waals surface area contributed by atoms with Crippen molar-refractivity contribution in [1.82, 2.24) is 10.2 Å². The molecule has 1 N–H and O–H groups in total. The molecule has 2 heteroatoms. The molecule has 0 spiro atoms. The number of hydrogen-bond donors (Lipinski definition) is 1. The molecule has 1 aliphatic rings. The summed E-state index contributed by atoms with van der Waals surface area (Å²) in [6, 6.07) is 1.46. The van der Waals surface area contributed by atoms with Crippen LogP contribution in [-0.4, -0.2) is 36.6 Å². The van der Waals surface area contributed by atoms with Crippen LogP contribution in [0.1, 0.15) is 54.4 Å². The monoisotopic (exact) mass is 240 g/mol. The van der Waals surface area contributed by atoms with Crippen LogP contribution in [0.4, 0.5) is 0 Å². The van der Waals surface area contributed by atoms with Gasteiger partial charge in [0.1, 0.15) is 0 Å². The van der Waals surface area contributed by atoms with Crippen molar-refractivity contribution in [2.45, 2.75) is 66.5 Å². The van der Waals surface area contributed by atoms with Gasteiger partial charge in [-0.2, -0.15) is 0 Å². The van der Waals surface area contributed by atoms with Gasteiger partial charge in [-0.1, -0.05) is 27.7 Å². The van der Waals surface area contributed by atoms with Gasteiger partial charge in [0.05, 0.1) is 0 Å². The van der Waals surface area contributed by atoms with Crippen molar-refractivity contribution in [3.63, 3.8) is 0 Å². The van der Waals surface area contributed by atoms with Crippen LogP contribution in [-0.2, 0) is 0 Å². The van der Waals surface area contributed by atoms with Crippen LogP contribution >= 0.6 is 0 Å². The van der Waals surface area contributed by atoms with Crippen molar-refractivity contribution in [3.8, 4) is 0 Å². The molecular weight excluding hydrogens is 208 g/mol. The van der Waals surface area contributed by atoms with Crippen LogP contribution < -0.4 is 5.32 Å². The summed E-state index contributed by atoms with van der Waals surface area (Å²) in [7, 11) is 0. The molecule has 0 radical (unpaired) electrons. The van der Waals surface area contributed by atoms with Gasteiger partial charge in [-0.25, -0.2) is 0 Å². The fourth-order valence-corrected chi connectivity index (χ4v) is 2.27. The summed E-state index contributed by atoms with van der Waals surface area (Å²) in [5.41, 5.74) is 0.422. The summed E-state index contributed by atoms with van der Waals surface area (Å²) in [6.07, 6.45) is 2.63. The molecular formula is C15H32N2. The largest absolute Gasteiger partial charge is 0.314 e. The van der Waals surface area contributed by atoms with Gasteiger partial charge in [-0.15, -0.1) is 0 Å². The second-order valence-electron chi connectivity index (χ2n) is 7.08. The molecule has 0 aromatic heterocycles. The average molecular weight is 240 g/mol. The topological polar surface area (TPSA) is 15.3 Å². The molecule has 0 aliphatic carbocycles. The fourth-order valence-electron chi connectivity index (χ4n) is 2.27. The molecule has 1 unspecified atom stereocenters. The lowest BCUT2D eigenvalue weighted by molar-refractivity contribution is 0.153. The van der Waals surface area contributed by atoms with Gasteiger partial charge in [0.25, 0.3) is 0 Å². The number of piperidine rings is 1. The van der Waals surface area contributed by atoms with Crippen molar-refractivity contribution in [3.05, 3.63) is 0 Å². The third-order valence-corrected chi connectivity index (χ3v) is 4.45. The first kappa shape index (κ1) is 15.0. The Labute approximate surface area is 108 Å². The Balaban J connectivity index is 2.23. The molecule has 0 saturated carbocycles. The molecule has 2 nitrogen and oxygen atoms in total. The lowest BCUT2D eigenvalue weighted by Gasteiger charge is -2.36. The van der Waals surface area contributed by atoms with Gasteiger partial charge in [0.15, 0.2) is 0 Å². The number of hydrogen-bond acceptors (Lipinski definition) is 2. The highest BCUT2D eigenvalue weighted by Crippen LogP contribution is 2.25. The number of nitrogens with zero attached hydrogens (tertiary/aromatic N) is 1. The van der Waals surface area contributed by atoms with Crippen LogP contribution in [0.25, 0.3) is 0 Å². The fraction of sp³-hybridized carbons (Fsp3) is 1.00. The molecule has 1 rings (SSSR count). The van der Waals surface area contributed by atoms with Crippen molar-refractivity contribution in [1.29, 1.82) is 0 Å². The first-order valence-corrected chi connectivity index (χ1v) is 7.28. The van der Waals surface area contributed by atoms with Crippen LogP contribution in [0.3, 0.4) is 0 Å². The van der Waals surface area contributed by atoms with Gasteiger partial charge in [-0.3, -0.25) is 0 Å².